The molecular formula is C16H17N5O4. The van der Waals surface area contributed by atoms with E-state index in [1.807, 2.05) is 0 Å². The number of esters is 1. The molecular weight excluding hydrogens is 326 g/mol. The molecule has 0 fully saturated rings. The Bertz CT molecular complexity index is 926. The first-order valence-electron chi connectivity index (χ1n) is 7.80. The molecule has 0 aliphatic heterocycles. The van der Waals surface area contributed by atoms with Crippen LogP contribution in [-0.4, -0.2) is 30.7 Å². The van der Waals surface area contributed by atoms with Crippen molar-refractivity contribution in [3.05, 3.63) is 51.5 Å². The highest BCUT2D eigenvalue weighted by molar-refractivity contribution is 5.73. The third-order valence-electron chi connectivity index (χ3n) is 3.80. The molecule has 9 nitrogen and oxygen atoms in total. The Labute approximate surface area is 142 Å². The van der Waals surface area contributed by atoms with Crippen molar-refractivity contribution in [1.82, 2.24) is 19.8 Å². The summed E-state index contributed by atoms with van der Waals surface area (Å²) in [5, 5.41) is 22.1. The number of fused-ring (bicyclic) bond motifs is 1. The minimum absolute atomic E-state index is 0.0859. The van der Waals surface area contributed by atoms with Crippen molar-refractivity contribution in [3.8, 4) is 5.75 Å². The van der Waals surface area contributed by atoms with Crippen LogP contribution in [0.15, 0.2) is 24.3 Å². The second-order valence-electron chi connectivity index (χ2n) is 5.69. The zero-order valence-corrected chi connectivity index (χ0v) is 13.9. The van der Waals surface area contributed by atoms with Gasteiger partial charge in [0.05, 0.1) is 4.92 Å². The smallest absolute Gasteiger partial charge is 0.308 e. The van der Waals surface area contributed by atoms with Gasteiger partial charge < -0.3 is 4.74 Å². The quantitative estimate of drug-likeness (QED) is 0.417. The summed E-state index contributed by atoms with van der Waals surface area (Å²) < 4.78 is 6.81. The van der Waals surface area contributed by atoms with Crippen LogP contribution in [0.1, 0.15) is 30.4 Å². The van der Waals surface area contributed by atoms with E-state index in [9.17, 15) is 14.9 Å². The molecule has 0 saturated carbocycles. The maximum atomic E-state index is 11.2. The van der Waals surface area contributed by atoms with Gasteiger partial charge in [0.25, 0.3) is 5.69 Å². The number of hydrogen-bond acceptors (Lipinski definition) is 6. The van der Waals surface area contributed by atoms with Gasteiger partial charge in [-0.25, -0.2) is 0 Å². The van der Waals surface area contributed by atoms with Gasteiger partial charge in [0.2, 0.25) is 0 Å². The van der Waals surface area contributed by atoms with Crippen LogP contribution in [0.2, 0.25) is 0 Å². The van der Waals surface area contributed by atoms with Gasteiger partial charge in [-0.1, -0.05) is 12.1 Å². The molecule has 0 spiro atoms. The number of nitro groups is 1. The number of carbonyl (C=O) groups excluding carboxylic acids is 1. The summed E-state index contributed by atoms with van der Waals surface area (Å²) in [6, 6.07) is 6.53. The summed E-state index contributed by atoms with van der Waals surface area (Å²) in [5.41, 5.74) is 2.27. The third kappa shape index (κ3) is 3.49. The van der Waals surface area contributed by atoms with Crippen LogP contribution in [-0.2, 0) is 17.6 Å². The first-order chi connectivity index (χ1) is 12.0. The van der Waals surface area contributed by atoms with Gasteiger partial charge in [0.1, 0.15) is 5.69 Å². The van der Waals surface area contributed by atoms with Crippen molar-refractivity contribution in [2.24, 2.45) is 0 Å². The minimum Gasteiger partial charge on any atom is -0.421 e. The molecule has 0 saturated heterocycles. The van der Waals surface area contributed by atoms with E-state index in [0.717, 1.165) is 24.2 Å². The molecule has 2 heterocycles. The molecule has 0 radical (unpaired) electrons. The molecule has 0 amide bonds. The van der Waals surface area contributed by atoms with Crippen molar-refractivity contribution in [2.75, 3.05) is 0 Å². The topological polar surface area (TPSA) is 115 Å². The highest BCUT2D eigenvalue weighted by atomic mass is 16.6. The normalized spacial score (nSPS) is 11.0. The van der Waals surface area contributed by atoms with E-state index in [1.54, 1.807) is 23.6 Å². The molecule has 0 aliphatic carbocycles. The van der Waals surface area contributed by atoms with E-state index in [2.05, 4.69) is 15.3 Å². The van der Waals surface area contributed by atoms with Gasteiger partial charge in [0.15, 0.2) is 17.2 Å². The number of rotatable bonds is 6. The Morgan fingerprint density at radius 2 is 2.04 bits per heavy atom. The second kappa shape index (κ2) is 6.71. The maximum Gasteiger partial charge on any atom is 0.308 e. The molecule has 0 aliphatic rings. The van der Waals surface area contributed by atoms with Crippen LogP contribution in [0.5, 0.6) is 5.75 Å². The fourth-order valence-corrected chi connectivity index (χ4v) is 2.63. The highest BCUT2D eigenvalue weighted by Gasteiger charge is 2.17. The summed E-state index contributed by atoms with van der Waals surface area (Å²) in [6.45, 7) is 3.10. The Kier molecular flexibility index (Phi) is 4.46. The van der Waals surface area contributed by atoms with Crippen molar-refractivity contribution >= 4 is 17.3 Å². The number of benzene rings is 1. The van der Waals surface area contributed by atoms with Gasteiger partial charge in [-0.15, -0.1) is 0 Å². The summed E-state index contributed by atoms with van der Waals surface area (Å²) in [4.78, 5) is 21.4. The van der Waals surface area contributed by atoms with Crippen molar-refractivity contribution in [1.29, 1.82) is 0 Å². The molecule has 0 bridgehead atoms. The second-order valence-corrected chi connectivity index (χ2v) is 5.69. The number of carbonyl (C=O) groups is 1. The standard InChI is InChI=1S/C16H17N5O4/c1-10-15(25-11(2)22)16-18-17-14(20(16)19-10)5-3-4-12-6-8-13(9-7-12)21(23)24/h6-9,18H,3-5H2,1-2H3. The zero-order valence-electron chi connectivity index (χ0n) is 13.9. The predicted octanol–water partition coefficient (Wildman–Crippen LogP) is 2.37. The molecule has 1 aromatic carbocycles. The average Bonchev–Trinajstić information content (AvgIpc) is 3.08. The summed E-state index contributed by atoms with van der Waals surface area (Å²) in [7, 11) is 0. The maximum absolute atomic E-state index is 11.2. The largest absolute Gasteiger partial charge is 0.421 e. The molecule has 0 unspecified atom stereocenters. The lowest BCUT2D eigenvalue weighted by Crippen LogP contribution is -2.02. The van der Waals surface area contributed by atoms with Gasteiger partial charge >= 0.3 is 5.97 Å². The van der Waals surface area contributed by atoms with E-state index >= 15 is 0 Å². The number of hydrogen-bond donors (Lipinski definition) is 1. The monoisotopic (exact) mass is 343 g/mol. The Morgan fingerprint density at radius 3 is 2.68 bits per heavy atom. The predicted molar refractivity (Wildman–Crippen MR) is 88.5 cm³/mol. The lowest BCUT2D eigenvalue weighted by molar-refractivity contribution is -0.384. The number of nitrogens with zero attached hydrogens (tertiary/aromatic N) is 4. The fourth-order valence-electron chi connectivity index (χ4n) is 2.63. The molecule has 0 atom stereocenters. The minimum atomic E-state index is -0.412. The van der Waals surface area contributed by atoms with E-state index in [0.29, 0.717) is 23.5 Å². The number of aromatic nitrogens is 4. The Hall–Kier alpha value is -3.23. The third-order valence-corrected chi connectivity index (χ3v) is 3.80. The van der Waals surface area contributed by atoms with E-state index in [1.165, 1.54) is 19.1 Å². The van der Waals surface area contributed by atoms with Gasteiger partial charge in [-0.05, 0) is 25.3 Å². The van der Waals surface area contributed by atoms with Crippen LogP contribution in [0.25, 0.3) is 5.65 Å². The number of nitro benzene ring substituents is 1. The van der Waals surface area contributed by atoms with Crippen molar-refractivity contribution in [2.45, 2.75) is 33.1 Å². The van der Waals surface area contributed by atoms with Crippen molar-refractivity contribution in [3.63, 3.8) is 0 Å². The first kappa shape index (κ1) is 16.6. The van der Waals surface area contributed by atoms with E-state index in [4.69, 9.17) is 4.74 Å². The Morgan fingerprint density at radius 1 is 1.32 bits per heavy atom. The zero-order chi connectivity index (χ0) is 18.0. The molecule has 3 rings (SSSR count). The van der Waals surface area contributed by atoms with Crippen LogP contribution in [0.3, 0.4) is 0 Å². The molecule has 2 aromatic heterocycles. The highest BCUT2D eigenvalue weighted by Crippen LogP contribution is 2.24. The van der Waals surface area contributed by atoms with Crippen LogP contribution in [0, 0.1) is 17.0 Å². The van der Waals surface area contributed by atoms with Crippen LogP contribution in [0.4, 0.5) is 5.69 Å². The molecule has 130 valence electrons. The number of nitrogens with one attached hydrogen (secondary N) is 1. The fraction of sp³-hybridized carbons (Fsp3) is 0.312. The van der Waals surface area contributed by atoms with Gasteiger partial charge in [-0.3, -0.25) is 20.0 Å². The number of ether oxygens (including phenoxy) is 1. The molecule has 3 aromatic rings. The molecule has 9 heteroatoms. The van der Waals surface area contributed by atoms with Crippen molar-refractivity contribution < 1.29 is 14.5 Å². The van der Waals surface area contributed by atoms with Gasteiger partial charge in [-0.2, -0.15) is 14.7 Å². The van der Waals surface area contributed by atoms with E-state index < -0.39 is 10.9 Å². The number of non-ortho nitro benzene ring substituents is 1. The summed E-state index contributed by atoms with van der Waals surface area (Å²) in [5.74, 6) is 0.715. The van der Waals surface area contributed by atoms with Gasteiger partial charge in [0, 0.05) is 25.5 Å². The van der Waals surface area contributed by atoms with Crippen LogP contribution >= 0.6 is 0 Å². The summed E-state index contributed by atoms with van der Waals surface area (Å²) in [6.07, 6.45) is 2.24. The average molecular weight is 343 g/mol. The number of H-pyrrole nitrogens is 1. The lowest BCUT2D eigenvalue weighted by Gasteiger charge is -2.00. The number of aromatic amines is 1. The summed E-state index contributed by atoms with van der Waals surface area (Å²) >= 11 is 0. The molecule has 25 heavy (non-hydrogen) atoms. The van der Waals surface area contributed by atoms with E-state index in [-0.39, 0.29) is 5.69 Å². The first-order valence-corrected chi connectivity index (χ1v) is 7.80. The number of aryl methyl sites for hydroxylation is 3. The Balaban J connectivity index is 1.67. The SMILES string of the molecule is CC(=O)Oc1c(C)nn2c(CCCc3ccc([N+](=O)[O-])cc3)n[nH]c12. The lowest BCUT2D eigenvalue weighted by atomic mass is 10.1. The van der Waals surface area contributed by atoms with Crippen LogP contribution < -0.4 is 4.74 Å². The molecule has 1 N–H and O–H groups in total.